The fourth-order valence-electron chi connectivity index (χ4n) is 1.75. The van der Waals surface area contributed by atoms with E-state index in [0.29, 0.717) is 5.57 Å². The van der Waals surface area contributed by atoms with Crippen LogP contribution in [0.1, 0.15) is 12.0 Å². The highest BCUT2D eigenvalue weighted by molar-refractivity contribution is 5.86. The van der Waals surface area contributed by atoms with E-state index in [1.165, 1.54) is 12.2 Å². The summed E-state index contributed by atoms with van der Waals surface area (Å²) in [7, 11) is 0. The molecule has 0 radical (unpaired) electrons. The summed E-state index contributed by atoms with van der Waals surface area (Å²) in [6.45, 7) is 0. The molecule has 88 valence electrons. The first-order chi connectivity index (χ1) is 8.03. The van der Waals surface area contributed by atoms with Crippen LogP contribution in [0.4, 0.5) is 0 Å². The van der Waals surface area contributed by atoms with Gasteiger partial charge in [0.25, 0.3) is 0 Å². The van der Waals surface area contributed by atoms with Gasteiger partial charge in [-0.3, -0.25) is 0 Å². The van der Waals surface area contributed by atoms with Crippen molar-refractivity contribution < 1.29 is 20.1 Å². The van der Waals surface area contributed by atoms with Crippen molar-refractivity contribution in [3.05, 3.63) is 53.8 Å². The predicted molar refractivity (Wildman–Crippen MR) is 62.3 cm³/mol. The fourth-order valence-corrected chi connectivity index (χ4v) is 1.75. The number of aliphatic hydroxyl groups is 2. The first kappa shape index (κ1) is 11.4. The van der Waals surface area contributed by atoms with Gasteiger partial charge in [-0.25, -0.2) is 4.79 Å². The molecule has 1 atom stereocenters. The average molecular weight is 232 g/mol. The summed E-state index contributed by atoms with van der Waals surface area (Å²) < 4.78 is 0. The van der Waals surface area contributed by atoms with Gasteiger partial charge < -0.3 is 15.3 Å². The summed E-state index contributed by atoms with van der Waals surface area (Å²) in [5, 5.41) is 28.4. The molecule has 0 amide bonds. The van der Waals surface area contributed by atoms with Crippen molar-refractivity contribution in [1.82, 2.24) is 0 Å². The van der Waals surface area contributed by atoms with Gasteiger partial charge in [0.2, 0.25) is 0 Å². The maximum Gasteiger partial charge on any atom is 0.340 e. The Balaban J connectivity index is 2.36. The van der Waals surface area contributed by atoms with E-state index >= 15 is 0 Å². The molecule has 4 heteroatoms. The highest BCUT2D eigenvalue weighted by Gasteiger charge is 2.37. The number of benzene rings is 1. The molecule has 3 N–H and O–H groups in total. The molecule has 4 nitrogen and oxygen atoms in total. The summed E-state index contributed by atoms with van der Waals surface area (Å²) in [6.07, 6.45) is 2.31. The minimum atomic E-state index is -2.01. The van der Waals surface area contributed by atoms with E-state index in [9.17, 15) is 15.0 Å². The normalized spacial score (nSPS) is 23.8. The number of hydrogen-bond donors (Lipinski definition) is 3. The molecule has 0 saturated heterocycles. The van der Waals surface area contributed by atoms with Gasteiger partial charge in [0.05, 0.1) is 0 Å². The van der Waals surface area contributed by atoms with Gasteiger partial charge >= 0.3 is 5.97 Å². The smallest absolute Gasteiger partial charge is 0.340 e. The van der Waals surface area contributed by atoms with Crippen LogP contribution in [-0.2, 0) is 4.79 Å². The second-order valence-corrected chi connectivity index (χ2v) is 3.97. The molecule has 0 heterocycles. The summed E-state index contributed by atoms with van der Waals surface area (Å²) in [4.78, 5) is 10.8. The Bertz CT molecular complexity index is 501. The van der Waals surface area contributed by atoms with Crippen molar-refractivity contribution in [3.63, 3.8) is 0 Å². The quantitative estimate of drug-likeness (QED) is 0.725. The largest absolute Gasteiger partial charge is 0.512 e. The third-order valence-corrected chi connectivity index (χ3v) is 2.73. The minimum Gasteiger partial charge on any atom is -0.512 e. The number of carboxylic acid groups (broad SMARTS) is 1. The van der Waals surface area contributed by atoms with Crippen LogP contribution in [0.15, 0.2) is 48.2 Å². The zero-order valence-electron chi connectivity index (χ0n) is 9.00. The van der Waals surface area contributed by atoms with E-state index in [1.807, 2.05) is 18.2 Å². The van der Waals surface area contributed by atoms with Crippen LogP contribution in [0.2, 0.25) is 0 Å². The van der Waals surface area contributed by atoms with Crippen LogP contribution in [0, 0.1) is 0 Å². The number of allylic oxidation sites excluding steroid dienone is 2. The van der Waals surface area contributed by atoms with E-state index in [0.717, 1.165) is 5.56 Å². The minimum absolute atomic E-state index is 0.122. The van der Waals surface area contributed by atoms with E-state index in [1.54, 1.807) is 12.1 Å². The molecule has 0 bridgehead atoms. The SMILES string of the molecule is O=C(O)C1(O)C=CC(c2ccccc2)=C(O)C1. The van der Waals surface area contributed by atoms with Crippen molar-refractivity contribution in [2.24, 2.45) is 0 Å². The Morgan fingerprint density at radius 2 is 1.88 bits per heavy atom. The van der Waals surface area contributed by atoms with Crippen molar-refractivity contribution in [2.45, 2.75) is 12.0 Å². The molecule has 1 aromatic carbocycles. The zero-order valence-corrected chi connectivity index (χ0v) is 9.00. The van der Waals surface area contributed by atoms with Crippen molar-refractivity contribution >= 4 is 11.5 Å². The highest BCUT2D eigenvalue weighted by atomic mass is 16.4. The van der Waals surface area contributed by atoms with E-state index < -0.39 is 11.6 Å². The molecular formula is C13H12O4. The molecule has 0 saturated carbocycles. The zero-order chi connectivity index (χ0) is 12.5. The van der Waals surface area contributed by atoms with E-state index in [2.05, 4.69) is 0 Å². The number of carbonyl (C=O) groups is 1. The Kier molecular flexibility index (Phi) is 2.73. The van der Waals surface area contributed by atoms with Crippen molar-refractivity contribution in [1.29, 1.82) is 0 Å². The van der Waals surface area contributed by atoms with Crippen LogP contribution < -0.4 is 0 Å². The molecule has 0 aliphatic heterocycles. The second kappa shape index (κ2) is 4.07. The molecule has 1 aliphatic rings. The summed E-state index contributed by atoms with van der Waals surface area (Å²) in [5.74, 6) is -1.49. The molecule has 1 aliphatic carbocycles. The van der Waals surface area contributed by atoms with Gasteiger partial charge in [0.15, 0.2) is 5.60 Å². The van der Waals surface area contributed by atoms with Gasteiger partial charge in [0, 0.05) is 12.0 Å². The van der Waals surface area contributed by atoms with Gasteiger partial charge in [0.1, 0.15) is 5.76 Å². The lowest BCUT2D eigenvalue weighted by Crippen LogP contribution is -2.38. The van der Waals surface area contributed by atoms with Gasteiger partial charge in [-0.2, -0.15) is 0 Å². The molecule has 17 heavy (non-hydrogen) atoms. The first-order valence-corrected chi connectivity index (χ1v) is 5.15. The second-order valence-electron chi connectivity index (χ2n) is 3.97. The van der Waals surface area contributed by atoms with Crippen LogP contribution in [0.5, 0.6) is 0 Å². The van der Waals surface area contributed by atoms with Gasteiger partial charge in [-0.15, -0.1) is 0 Å². The topological polar surface area (TPSA) is 77.8 Å². The van der Waals surface area contributed by atoms with Crippen LogP contribution in [0.3, 0.4) is 0 Å². The highest BCUT2D eigenvalue weighted by Crippen LogP contribution is 2.31. The molecule has 2 rings (SSSR count). The Labute approximate surface area is 98.1 Å². The lowest BCUT2D eigenvalue weighted by Gasteiger charge is -2.24. The van der Waals surface area contributed by atoms with E-state index in [4.69, 9.17) is 5.11 Å². The Morgan fingerprint density at radius 3 is 2.41 bits per heavy atom. The number of carboxylic acids is 1. The molecule has 0 aromatic heterocycles. The van der Waals surface area contributed by atoms with Crippen LogP contribution in [0.25, 0.3) is 5.57 Å². The maximum atomic E-state index is 10.8. The third kappa shape index (κ3) is 2.07. The molecule has 1 unspecified atom stereocenters. The van der Waals surface area contributed by atoms with Crippen molar-refractivity contribution in [3.8, 4) is 0 Å². The molecule has 0 fully saturated rings. The first-order valence-electron chi connectivity index (χ1n) is 5.15. The summed E-state index contributed by atoms with van der Waals surface area (Å²) in [5.41, 5.74) is -0.687. The fraction of sp³-hybridized carbons (Fsp3) is 0.154. The maximum absolute atomic E-state index is 10.8. The summed E-state index contributed by atoms with van der Waals surface area (Å²) >= 11 is 0. The molecule has 0 spiro atoms. The number of aliphatic hydroxyl groups excluding tert-OH is 1. The van der Waals surface area contributed by atoms with Gasteiger partial charge in [-0.05, 0) is 11.6 Å². The number of aliphatic carboxylic acids is 1. The average Bonchev–Trinajstić information content (AvgIpc) is 2.30. The number of rotatable bonds is 2. The lowest BCUT2D eigenvalue weighted by molar-refractivity contribution is -0.153. The van der Waals surface area contributed by atoms with Crippen LogP contribution >= 0.6 is 0 Å². The monoisotopic (exact) mass is 232 g/mol. The Morgan fingerprint density at radius 1 is 1.24 bits per heavy atom. The lowest BCUT2D eigenvalue weighted by atomic mass is 9.88. The third-order valence-electron chi connectivity index (χ3n) is 2.73. The summed E-state index contributed by atoms with van der Waals surface area (Å²) in [6, 6.07) is 9.10. The Hall–Kier alpha value is -2.07. The molecular weight excluding hydrogens is 220 g/mol. The standard InChI is InChI=1S/C13H12O4/c14-11-8-13(17,12(15)16)7-6-10(11)9-4-2-1-3-5-9/h1-7,14,17H,8H2,(H,15,16). The number of hydrogen-bond acceptors (Lipinski definition) is 3. The van der Waals surface area contributed by atoms with Gasteiger partial charge in [-0.1, -0.05) is 36.4 Å². The predicted octanol–water partition coefficient (Wildman–Crippen LogP) is 1.73. The van der Waals surface area contributed by atoms with Crippen LogP contribution in [-0.4, -0.2) is 26.9 Å². The molecule has 1 aromatic rings. The van der Waals surface area contributed by atoms with E-state index in [-0.39, 0.29) is 12.2 Å². The van der Waals surface area contributed by atoms with Crippen molar-refractivity contribution in [2.75, 3.05) is 0 Å².